The minimum Gasteiger partial charge on any atom is -0.358 e. The lowest BCUT2D eigenvalue weighted by molar-refractivity contribution is 0.865. The van der Waals surface area contributed by atoms with Gasteiger partial charge in [0.25, 0.3) is 0 Å². The second kappa shape index (κ2) is 5.00. The van der Waals surface area contributed by atoms with Crippen LogP contribution in [-0.4, -0.2) is 16.6 Å². The number of anilines is 1. The van der Waals surface area contributed by atoms with E-state index in [0.29, 0.717) is 5.92 Å². The van der Waals surface area contributed by atoms with Crippen molar-refractivity contribution in [2.75, 3.05) is 12.4 Å². The normalized spacial score (nSPS) is 11.2. The molecule has 102 valence electrons. The molecule has 0 aliphatic heterocycles. The predicted octanol–water partition coefficient (Wildman–Crippen LogP) is 4.19. The van der Waals surface area contributed by atoms with E-state index in [4.69, 9.17) is 0 Å². The molecule has 1 aromatic heterocycles. The number of hydrogen-bond acceptors (Lipinski definition) is 2. The molecule has 0 unspecified atom stereocenters. The molecule has 3 rings (SSSR count). The topological polar surface area (TPSA) is 29.9 Å². The van der Waals surface area contributed by atoms with Gasteiger partial charge in [0.15, 0.2) is 0 Å². The van der Waals surface area contributed by atoms with E-state index in [1.54, 1.807) is 0 Å². The first-order chi connectivity index (χ1) is 9.70. The maximum Gasteiger partial charge on any atom is 0.208 e. The van der Waals surface area contributed by atoms with Crippen LogP contribution in [0.1, 0.15) is 25.3 Å². The van der Waals surface area contributed by atoms with Gasteiger partial charge in [0.05, 0.1) is 11.0 Å². The van der Waals surface area contributed by atoms with E-state index >= 15 is 0 Å². The number of nitrogens with zero attached hydrogens (tertiary/aromatic N) is 2. The fourth-order valence-electron chi connectivity index (χ4n) is 2.46. The largest absolute Gasteiger partial charge is 0.358 e. The van der Waals surface area contributed by atoms with E-state index in [-0.39, 0.29) is 0 Å². The highest BCUT2D eigenvalue weighted by Gasteiger charge is 2.10. The third kappa shape index (κ3) is 2.05. The van der Waals surface area contributed by atoms with Crippen LogP contribution in [0.25, 0.3) is 16.7 Å². The molecule has 0 aliphatic carbocycles. The van der Waals surface area contributed by atoms with Crippen molar-refractivity contribution in [2.24, 2.45) is 0 Å². The van der Waals surface area contributed by atoms with E-state index in [2.05, 4.69) is 59.0 Å². The van der Waals surface area contributed by atoms with Crippen LogP contribution in [0.4, 0.5) is 5.95 Å². The summed E-state index contributed by atoms with van der Waals surface area (Å²) in [5, 5.41) is 3.17. The average Bonchev–Trinajstić information content (AvgIpc) is 2.85. The van der Waals surface area contributed by atoms with Gasteiger partial charge in [0, 0.05) is 12.7 Å². The molecule has 0 bridgehead atoms. The fourth-order valence-corrected chi connectivity index (χ4v) is 2.46. The first kappa shape index (κ1) is 12.7. The summed E-state index contributed by atoms with van der Waals surface area (Å²) < 4.78 is 2.15. The Bertz CT molecular complexity index is 724. The number of aromatic nitrogens is 2. The molecule has 0 saturated carbocycles. The summed E-state index contributed by atoms with van der Waals surface area (Å²) >= 11 is 0. The van der Waals surface area contributed by atoms with Gasteiger partial charge in [-0.2, -0.15) is 0 Å². The van der Waals surface area contributed by atoms with Gasteiger partial charge in [-0.05, 0) is 35.7 Å². The Labute approximate surface area is 119 Å². The van der Waals surface area contributed by atoms with Crippen LogP contribution >= 0.6 is 0 Å². The van der Waals surface area contributed by atoms with E-state index in [0.717, 1.165) is 22.7 Å². The molecule has 0 atom stereocenters. The lowest BCUT2D eigenvalue weighted by Gasteiger charge is -2.11. The Kier molecular flexibility index (Phi) is 3.18. The molecular formula is C17H19N3. The highest BCUT2D eigenvalue weighted by atomic mass is 15.2. The Morgan fingerprint density at radius 3 is 2.35 bits per heavy atom. The molecule has 0 fully saturated rings. The van der Waals surface area contributed by atoms with E-state index < -0.39 is 0 Å². The molecule has 1 heterocycles. The van der Waals surface area contributed by atoms with E-state index in [9.17, 15) is 0 Å². The maximum absolute atomic E-state index is 4.62. The molecule has 0 amide bonds. The van der Waals surface area contributed by atoms with Crippen LogP contribution < -0.4 is 5.32 Å². The van der Waals surface area contributed by atoms with E-state index in [1.165, 1.54) is 5.56 Å². The minimum absolute atomic E-state index is 0.548. The number of nitrogens with one attached hydrogen (secondary N) is 1. The van der Waals surface area contributed by atoms with Gasteiger partial charge in [0.1, 0.15) is 0 Å². The van der Waals surface area contributed by atoms with Gasteiger partial charge in [-0.15, -0.1) is 0 Å². The number of fused-ring (bicyclic) bond motifs is 1. The standard InChI is InChI=1S/C17H19N3/c1-12(2)13-8-10-14(11-9-13)20-16-7-5-4-6-15(16)19-17(20)18-3/h4-12H,1-3H3,(H,18,19). The second-order valence-electron chi connectivity index (χ2n) is 5.26. The summed E-state index contributed by atoms with van der Waals surface area (Å²) in [6.07, 6.45) is 0. The van der Waals surface area contributed by atoms with Gasteiger partial charge in [-0.1, -0.05) is 38.1 Å². The van der Waals surface area contributed by atoms with Crippen molar-refractivity contribution < 1.29 is 0 Å². The van der Waals surface area contributed by atoms with Crippen molar-refractivity contribution >= 4 is 17.0 Å². The molecular weight excluding hydrogens is 246 g/mol. The molecule has 20 heavy (non-hydrogen) atoms. The molecule has 2 aromatic carbocycles. The number of hydrogen-bond donors (Lipinski definition) is 1. The third-order valence-corrected chi connectivity index (χ3v) is 3.60. The highest BCUT2D eigenvalue weighted by molar-refractivity contribution is 5.81. The van der Waals surface area contributed by atoms with Crippen molar-refractivity contribution in [3.63, 3.8) is 0 Å². The van der Waals surface area contributed by atoms with Crippen molar-refractivity contribution in [2.45, 2.75) is 19.8 Å². The van der Waals surface area contributed by atoms with Gasteiger partial charge in [-0.25, -0.2) is 4.98 Å². The molecule has 3 aromatic rings. The molecule has 0 spiro atoms. The number of para-hydroxylation sites is 2. The van der Waals surface area contributed by atoms with Crippen molar-refractivity contribution in [1.82, 2.24) is 9.55 Å². The first-order valence-corrected chi connectivity index (χ1v) is 6.96. The molecule has 3 nitrogen and oxygen atoms in total. The minimum atomic E-state index is 0.548. The van der Waals surface area contributed by atoms with Crippen LogP contribution in [0.15, 0.2) is 48.5 Å². The lowest BCUT2D eigenvalue weighted by Crippen LogP contribution is -2.01. The van der Waals surface area contributed by atoms with E-state index in [1.807, 2.05) is 25.2 Å². The predicted molar refractivity (Wildman–Crippen MR) is 84.7 cm³/mol. The van der Waals surface area contributed by atoms with Crippen LogP contribution in [-0.2, 0) is 0 Å². The highest BCUT2D eigenvalue weighted by Crippen LogP contribution is 2.25. The van der Waals surface area contributed by atoms with Crippen molar-refractivity contribution in [3.8, 4) is 5.69 Å². The first-order valence-electron chi connectivity index (χ1n) is 6.96. The zero-order valence-corrected chi connectivity index (χ0v) is 12.1. The SMILES string of the molecule is CNc1nc2ccccc2n1-c1ccc(C(C)C)cc1. The fraction of sp³-hybridized carbons (Fsp3) is 0.235. The quantitative estimate of drug-likeness (QED) is 0.769. The maximum atomic E-state index is 4.62. The number of rotatable bonds is 3. The van der Waals surface area contributed by atoms with Gasteiger partial charge >= 0.3 is 0 Å². The van der Waals surface area contributed by atoms with Crippen LogP contribution in [0.2, 0.25) is 0 Å². The molecule has 0 saturated heterocycles. The summed E-state index contributed by atoms with van der Waals surface area (Å²) in [4.78, 5) is 4.62. The van der Waals surface area contributed by atoms with Crippen molar-refractivity contribution in [3.05, 3.63) is 54.1 Å². The van der Waals surface area contributed by atoms with Crippen LogP contribution in [0.5, 0.6) is 0 Å². The Balaban J connectivity index is 2.17. The summed E-state index contributed by atoms with van der Waals surface area (Å²) in [7, 11) is 1.90. The van der Waals surface area contributed by atoms with Crippen LogP contribution in [0.3, 0.4) is 0 Å². The molecule has 1 N–H and O–H groups in total. The summed E-state index contributed by atoms with van der Waals surface area (Å²) in [5.74, 6) is 1.41. The van der Waals surface area contributed by atoms with Crippen LogP contribution in [0, 0.1) is 0 Å². The lowest BCUT2D eigenvalue weighted by atomic mass is 10.0. The number of benzene rings is 2. The number of imidazole rings is 1. The summed E-state index contributed by atoms with van der Waals surface area (Å²) in [5.41, 5.74) is 4.61. The zero-order chi connectivity index (χ0) is 14.1. The summed E-state index contributed by atoms with van der Waals surface area (Å²) in [6.45, 7) is 4.42. The summed E-state index contributed by atoms with van der Waals surface area (Å²) in [6, 6.07) is 16.9. The average molecular weight is 265 g/mol. The van der Waals surface area contributed by atoms with Gasteiger partial charge in [-0.3, -0.25) is 4.57 Å². The Morgan fingerprint density at radius 1 is 1.00 bits per heavy atom. The monoisotopic (exact) mass is 265 g/mol. The molecule has 0 aliphatic rings. The molecule has 3 heteroatoms. The second-order valence-corrected chi connectivity index (χ2v) is 5.26. The Morgan fingerprint density at radius 2 is 1.70 bits per heavy atom. The van der Waals surface area contributed by atoms with Gasteiger partial charge in [0.2, 0.25) is 5.95 Å². The zero-order valence-electron chi connectivity index (χ0n) is 12.1. The third-order valence-electron chi connectivity index (χ3n) is 3.60. The van der Waals surface area contributed by atoms with Crippen molar-refractivity contribution in [1.29, 1.82) is 0 Å². The van der Waals surface area contributed by atoms with Gasteiger partial charge < -0.3 is 5.32 Å². The Hall–Kier alpha value is -2.29. The molecule has 0 radical (unpaired) electrons. The smallest absolute Gasteiger partial charge is 0.208 e.